The molecule has 1 unspecified atom stereocenters. The molecule has 0 aromatic carbocycles. The number of carbonyl (C=O) groups excluding carboxylic acids is 2. The molecule has 0 saturated heterocycles. The number of aliphatic carboxylic acids is 1. The number of hydrogen-bond acceptors (Lipinski definition) is 4. The van der Waals surface area contributed by atoms with Crippen molar-refractivity contribution in [2.24, 2.45) is 5.41 Å². The van der Waals surface area contributed by atoms with Crippen molar-refractivity contribution in [3.8, 4) is 0 Å². The minimum Gasteiger partial charge on any atom is -0.545 e. The molecule has 0 heterocycles. The van der Waals surface area contributed by atoms with Crippen LogP contribution >= 0.6 is 0 Å². The van der Waals surface area contributed by atoms with Gasteiger partial charge in [-0.3, -0.25) is 0 Å². The highest BCUT2D eigenvalue weighted by Crippen LogP contribution is 2.55. The summed E-state index contributed by atoms with van der Waals surface area (Å²) in [7, 11) is 0. The second-order valence-corrected chi connectivity index (χ2v) is 6.50. The summed E-state index contributed by atoms with van der Waals surface area (Å²) in [5.41, 5.74) is -1.61. The van der Waals surface area contributed by atoms with E-state index in [2.05, 4.69) is 4.74 Å². The van der Waals surface area contributed by atoms with Gasteiger partial charge in [0.15, 0.2) is 0 Å². The number of ether oxygens (including phenoxy) is 1. The monoisotopic (exact) mass is 417 g/mol. The van der Waals surface area contributed by atoms with Gasteiger partial charge in [-0.15, -0.1) is 0 Å². The minimum atomic E-state index is -7.06. The van der Waals surface area contributed by atoms with Gasteiger partial charge in [0.1, 0.15) is 6.10 Å². The first-order chi connectivity index (χ1) is 11.7. The number of hydrogen-bond donors (Lipinski definition) is 0. The van der Waals surface area contributed by atoms with Crippen LogP contribution in [0.5, 0.6) is 0 Å². The third kappa shape index (κ3) is 5.76. The molecule has 4 nitrogen and oxygen atoms in total. The van der Waals surface area contributed by atoms with Crippen molar-refractivity contribution in [3.05, 3.63) is 12.2 Å². The molecule has 0 fully saturated rings. The van der Waals surface area contributed by atoms with E-state index in [4.69, 9.17) is 0 Å². The number of halogens is 9. The number of esters is 1. The highest BCUT2D eigenvalue weighted by Gasteiger charge is 2.81. The average molecular weight is 417 g/mol. The molecule has 0 aliphatic carbocycles. The number of rotatable bonds is 7. The average Bonchev–Trinajstić information content (AvgIpc) is 2.41. The Morgan fingerprint density at radius 3 is 1.67 bits per heavy atom. The van der Waals surface area contributed by atoms with Crippen molar-refractivity contribution in [2.75, 3.05) is 0 Å². The fourth-order valence-corrected chi connectivity index (χ4v) is 1.61. The number of alkyl halides is 9. The molecule has 0 radical (unpaired) electrons. The van der Waals surface area contributed by atoms with E-state index in [-0.39, 0.29) is 12.2 Å². The summed E-state index contributed by atoms with van der Waals surface area (Å²) in [6.45, 7) is 3.14. The van der Waals surface area contributed by atoms with Crippen LogP contribution in [-0.4, -0.2) is 42.0 Å². The Balaban J connectivity index is 5.77. The lowest BCUT2D eigenvalue weighted by Gasteiger charge is -2.38. The van der Waals surface area contributed by atoms with Crippen molar-refractivity contribution in [3.63, 3.8) is 0 Å². The van der Waals surface area contributed by atoms with E-state index in [9.17, 15) is 54.2 Å². The Bertz CT molecular complexity index is 588. The summed E-state index contributed by atoms with van der Waals surface area (Å²) in [5.74, 6) is -23.4. The van der Waals surface area contributed by atoms with Gasteiger partial charge in [-0.1, -0.05) is 20.8 Å². The molecule has 0 aromatic heterocycles. The van der Waals surface area contributed by atoms with Crippen LogP contribution in [0, 0.1) is 5.41 Å². The Morgan fingerprint density at radius 1 is 0.889 bits per heavy atom. The van der Waals surface area contributed by atoms with Crippen LogP contribution in [0.25, 0.3) is 0 Å². The van der Waals surface area contributed by atoms with Crippen LogP contribution in [0.2, 0.25) is 0 Å². The molecule has 13 heteroatoms. The fraction of sp³-hybridized carbons (Fsp3) is 0.714. The van der Waals surface area contributed by atoms with E-state index in [1.807, 2.05) is 0 Å². The summed E-state index contributed by atoms with van der Waals surface area (Å²) in [6, 6.07) is 0. The zero-order valence-corrected chi connectivity index (χ0v) is 14.0. The molecule has 27 heavy (non-hydrogen) atoms. The Hall–Kier alpha value is -1.95. The van der Waals surface area contributed by atoms with Crippen molar-refractivity contribution < 1.29 is 58.9 Å². The van der Waals surface area contributed by atoms with Gasteiger partial charge in [0.05, 0.1) is 12.4 Å². The smallest absolute Gasteiger partial charge is 0.460 e. The summed E-state index contributed by atoms with van der Waals surface area (Å²) < 4.78 is 121. The van der Waals surface area contributed by atoms with Crippen molar-refractivity contribution in [1.29, 1.82) is 0 Å². The Labute approximate surface area is 147 Å². The van der Waals surface area contributed by atoms with Crippen LogP contribution in [-0.2, 0) is 14.3 Å². The van der Waals surface area contributed by atoms with E-state index in [0.717, 1.165) is 20.8 Å². The van der Waals surface area contributed by atoms with E-state index < -0.39 is 53.8 Å². The van der Waals surface area contributed by atoms with Crippen LogP contribution in [0.3, 0.4) is 0 Å². The lowest BCUT2D eigenvalue weighted by Crippen LogP contribution is -2.62. The summed E-state index contributed by atoms with van der Waals surface area (Å²) >= 11 is 0. The van der Waals surface area contributed by atoms with Gasteiger partial charge < -0.3 is 14.6 Å². The molecule has 0 amide bonds. The summed E-state index contributed by atoms with van der Waals surface area (Å²) in [4.78, 5) is 21.5. The normalized spacial score (nSPS) is 15.7. The van der Waals surface area contributed by atoms with Gasteiger partial charge in [-0.25, -0.2) is 4.79 Å². The zero-order valence-electron chi connectivity index (χ0n) is 14.0. The van der Waals surface area contributed by atoms with Crippen molar-refractivity contribution in [1.82, 2.24) is 0 Å². The Kier molecular flexibility index (Phi) is 7.04. The van der Waals surface area contributed by atoms with Gasteiger partial charge in [0.25, 0.3) is 0 Å². The lowest BCUT2D eigenvalue weighted by atomic mass is 9.83. The van der Waals surface area contributed by atoms with Crippen LogP contribution < -0.4 is 5.11 Å². The number of carbonyl (C=O) groups is 2. The van der Waals surface area contributed by atoms with Crippen molar-refractivity contribution in [2.45, 2.75) is 57.2 Å². The van der Waals surface area contributed by atoms with Crippen molar-refractivity contribution >= 4 is 11.9 Å². The SMILES string of the molecule is CC(C)(C)C(CC(F)(F)C(F)(F)C(F)(F)C(F)(F)F)OC(=O)C=CC(=O)[O-]. The molecule has 0 rings (SSSR count). The molecule has 0 N–H and O–H groups in total. The second-order valence-electron chi connectivity index (χ2n) is 6.50. The standard InChI is InChI=1S/C14H15F9O4/c1-10(2,3)7(27-9(26)5-4-8(24)25)6-11(15,16)12(17,18)13(19,20)14(21,22)23/h4-5,7H,6H2,1-3H3,(H,24,25)/p-1. The fourth-order valence-electron chi connectivity index (χ4n) is 1.61. The van der Waals surface area contributed by atoms with Gasteiger partial charge in [0, 0.05) is 6.08 Å². The first-order valence-corrected chi connectivity index (χ1v) is 6.96. The molecule has 158 valence electrons. The molecule has 0 saturated carbocycles. The quantitative estimate of drug-likeness (QED) is 0.363. The predicted molar refractivity (Wildman–Crippen MR) is 69.0 cm³/mol. The van der Waals surface area contributed by atoms with E-state index in [0.29, 0.717) is 0 Å². The number of carboxylic acid groups (broad SMARTS) is 1. The molecule has 0 spiro atoms. The number of carboxylic acids is 1. The first-order valence-electron chi connectivity index (χ1n) is 6.96. The van der Waals surface area contributed by atoms with Gasteiger partial charge >= 0.3 is 29.9 Å². The van der Waals surface area contributed by atoms with Gasteiger partial charge in [-0.05, 0) is 11.5 Å². The third-order valence-electron chi connectivity index (χ3n) is 3.23. The van der Waals surface area contributed by atoms with E-state index >= 15 is 0 Å². The zero-order chi connectivity index (χ0) is 22.1. The molecule has 0 aliphatic rings. The third-order valence-corrected chi connectivity index (χ3v) is 3.23. The predicted octanol–water partition coefficient (Wildman–Crippen LogP) is 3.11. The maximum atomic E-state index is 13.7. The van der Waals surface area contributed by atoms with E-state index in [1.165, 1.54) is 0 Å². The summed E-state index contributed by atoms with van der Waals surface area (Å²) in [6.07, 6.45) is -11.4. The van der Waals surface area contributed by atoms with Gasteiger partial charge in [-0.2, -0.15) is 39.5 Å². The molecular weight excluding hydrogens is 403 g/mol. The van der Waals surface area contributed by atoms with Crippen LogP contribution in [0.4, 0.5) is 39.5 Å². The topological polar surface area (TPSA) is 66.4 Å². The Morgan fingerprint density at radius 2 is 1.33 bits per heavy atom. The lowest BCUT2D eigenvalue weighted by molar-refractivity contribution is -0.398. The van der Waals surface area contributed by atoms with Crippen LogP contribution in [0.1, 0.15) is 27.2 Å². The van der Waals surface area contributed by atoms with Crippen LogP contribution in [0.15, 0.2) is 12.2 Å². The molecule has 0 aromatic rings. The molecule has 1 atom stereocenters. The largest absolute Gasteiger partial charge is 0.545 e. The minimum absolute atomic E-state index is 0.104. The molecule has 0 aliphatic heterocycles. The maximum Gasteiger partial charge on any atom is 0.460 e. The highest BCUT2D eigenvalue weighted by molar-refractivity contribution is 5.90. The summed E-state index contributed by atoms with van der Waals surface area (Å²) in [5, 5.41) is 10.1. The van der Waals surface area contributed by atoms with Gasteiger partial charge in [0.2, 0.25) is 0 Å². The molecular formula is C14H14F9O4-. The first kappa shape index (κ1) is 25.1. The van der Waals surface area contributed by atoms with E-state index in [1.54, 1.807) is 0 Å². The second kappa shape index (κ2) is 7.58. The highest BCUT2D eigenvalue weighted by atomic mass is 19.4. The molecule has 0 bridgehead atoms. The maximum absolute atomic E-state index is 13.7.